The molecule has 0 spiro atoms. The van der Waals surface area contributed by atoms with Crippen LogP contribution >= 0.6 is 0 Å². The predicted octanol–water partition coefficient (Wildman–Crippen LogP) is 5.14. The van der Waals surface area contributed by atoms with Crippen molar-refractivity contribution in [1.29, 1.82) is 0 Å². The molecule has 0 saturated heterocycles. The Morgan fingerprint density at radius 1 is 0.958 bits per heavy atom. The van der Waals surface area contributed by atoms with Crippen molar-refractivity contribution in [3.8, 4) is 17.2 Å². The number of aromatic carboxylic acids is 1. The quantitative estimate of drug-likeness (QED) is 0.331. The van der Waals surface area contributed by atoms with Crippen molar-refractivity contribution in [3.05, 3.63) is 17.2 Å². The van der Waals surface area contributed by atoms with Crippen LogP contribution in [0.15, 0.2) is 6.07 Å². The van der Waals surface area contributed by atoms with Crippen LogP contribution in [0, 0.1) is 0 Å². The number of phenolic OH excluding ortho intramolecular Hbond substituents is 3. The van der Waals surface area contributed by atoms with Crippen LogP contribution in [-0.2, 0) is 0 Å². The third-order valence-corrected chi connectivity index (χ3v) is 4.58. The van der Waals surface area contributed by atoms with Gasteiger partial charge in [0.2, 0.25) is 5.75 Å². The van der Waals surface area contributed by atoms with E-state index in [2.05, 4.69) is 6.92 Å². The Hall–Kier alpha value is -1.91. The molecule has 1 aromatic rings. The average molecular weight is 338 g/mol. The second-order valence-electron chi connectivity index (χ2n) is 6.37. The number of phenols is 3. The minimum atomic E-state index is -1.21. The molecule has 5 heteroatoms. The van der Waals surface area contributed by atoms with Gasteiger partial charge >= 0.3 is 5.97 Å². The molecular weight excluding hydrogens is 308 g/mol. The molecule has 0 saturated carbocycles. The molecule has 5 nitrogen and oxygen atoms in total. The summed E-state index contributed by atoms with van der Waals surface area (Å²) in [6.07, 6.45) is 9.56. The zero-order chi connectivity index (χ0) is 18.1. The standard InChI is InChI=1S/C19H30O5/c1-3-5-6-7-8-9-10-11-13(4-2)16-14(19(23)24)12-15(20)17(21)18(16)22/h12-13,20-22H,3-11H2,1-2H3,(H,23,24). The summed E-state index contributed by atoms with van der Waals surface area (Å²) in [5.41, 5.74) is 0.0869. The maximum atomic E-state index is 11.4. The van der Waals surface area contributed by atoms with E-state index in [4.69, 9.17) is 0 Å². The van der Waals surface area contributed by atoms with E-state index in [0.29, 0.717) is 6.42 Å². The normalized spacial score (nSPS) is 12.2. The van der Waals surface area contributed by atoms with Crippen LogP contribution in [0.1, 0.15) is 93.5 Å². The van der Waals surface area contributed by atoms with Gasteiger partial charge in [0, 0.05) is 5.56 Å². The molecular formula is C19H30O5. The van der Waals surface area contributed by atoms with Crippen molar-refractivity contribution in [2.24, 2.45) is 0 Å². The average Bonchev–Trinajstić information content (AvgIpc) is 2.56. The highest BCUT2D eigenvalue weighted by molar-refractivity contribution is 5.92. The number of carboxylic acid groups (broad SMARTS) is 1. The first-order valence-corrected chi connectivity index (χ1v) is 8.95. The van der Waals surface area contributed by atoms with Crippen molar-refractivity contribution < 1.29 is 25.2 Å². The van der Waals surface area contributed by atoms with Gasteiger partial charge in [-0.15, -0.1) is 0 Å². The summed E-state index contributed by atoms with van der Waals surface area (Å²) in [5, 5.41) is 38.8. The summed E-state index contributed by atoms with van der Waals surface area (Å²) < 4.78 is 0. The number of hydrogen-bond acceptors (Lipinski definition) is 4. The molecule has 1 atom stereocenters. The fourth-order valence-electron chi connectivity index (χ4n) is 3.15. The van der Waals surface area contributed by atoms with Crippen LogP contribution in [0.2, 0.25) is 0 Å². The van der Waals surface area contributed by atoms with Crippen LogP contribution in [0.5, 0.6) is 17.2 Å². The molecule has 4 N–H and O–H groups in total. The van der Waals surface area contributed by atoms with Gasteiger partial charge in [0.05, 0.1) is 5.56 Å². The highest BCUT2D eigenvalue weighted by Gasteiger charge is 2.26. The van der Waals surface area contributed by atoms with Crippen molar-refractivity contribution in [3.63, 3.8) is 0 Å². The number of carboxylic acids is 1. The summed E-state index contributed by atoms with van der Waals surface area (Å²) in [5.74, 6) is -3.14. The Bertz CT molecular complexity index is 539. The maximum absolute atomic E-state index is 11.4. The zero-order valence-electron chi connectivity index (χ0n) is 14.7. The minimum Gasteiger partial charge on any atom is -0.504 e. The lowest BCUT2D eigenvalue weighted by Crippen LogP contribution is -2.08. The Balaban J connectivity index is 2.77. The smallest absolute Gasteiger partial charge is 0.336 e. The number of aromatic hydroxyl groups is 3. The molecule has 0 aliphatic heterocycles. The molecule has 1 rings (SSSR count). The number of benzene rings is 1. The summed E-state index contributed by atoms with van der Waals surface area (Å²) >= 11 is 0. The van der Waals surface area contributed by atoms with Gasteiger partial charge in [-0.3, -0.25) is 0 Å². The van der Waals surface area contributed by atoms with E-state index in [1.807, 2.05) is 6.92 Å². The second-order valence-corrected chi connectivity index (χ2v) is 6.37. The van der Waals surface area contributed by atoms with Gasteiger partial charge in [0.25, 0.3) is 0 Å². The lowest BCUT2D eigenvalue weighted by molar-refractivity contribution is 0.0693. The van der Waals surface area contributed by atoms with Gasteiger partial charge in [-0.2, -0.15) is 0 Å². The highest BCUT2D eigenvalue weighted by Crippen LogP contribution is 2.45. The molecule has 0 aliphatic rings. The van der Waals surface area contributed by atoms with Crippen LogP contribution in [0.4, 0.5) is 0 Å². The number of hydrogen-bond donors (Lipinski definition) is 4. The Morgan fingerprint density at radius 3 is 2.08 bits per heavy atom. The first-order chi connectivity index (χ1) is 11.4. The fraction of sp³-hybridized carbons (Fsp3) is 0.632. The number of unbranched alkanes of at least 4 members (excludes halogenated alkanes) is 6. The predicted molar refractivity (Wildman–Crippen MR) is 94.0 cm³/mol. The van der Waals surface area contributed by atoms with Gasteiger partial charge in [-0.05, 0) is 24.8 Å². The van der Waals surface area contributed by atoms with Gasteiger partial charge in [0.15, 0.2) is 11.5 Å². The van der Waals surface area contributed by atoms with Crippen LogP contribution < -0.4 is 0 Å². The van der Waals surface area contributed by atoms with Crippen molar-refractivity contribution in [2.45, 2.75) is 77.6 Å². The minimum absolute atomic E-state index is 0.141. The summed E-state index contributed by atoms with van der Waals surface area (Å²) in [6, 6.07) is 1.01. The molecule has 0 amide bonds. The number of carbonyl (C=O) groups is 1. The summed E-state index contributed by atoms with van der Waals surface area (Å²) in [4.78, 5) is 11.4. The molecule has 1 aromatic carbocycles. The third-order valence-electron chi connectivity index (χ3n) is 4.58. The zero-order valence-corrected chi connectivity index (χ0v) is 14.7. The Labute approximate surface area is 144 Å². The number of rotatable bonds is 11. The Morgan fingerprint density at radius 2 is 1.54 bits per heavy atom. The third kappa shape index (κ3) is 5.32. The lowest BCUT2D eigenvalue weighted by Gasteiger charge is -2.20. The summed E-state index contributed by atoms with van der Waals surface area (Å²) in [7, 11) is 0. The van der Waals surface area contributed by atoms with E-state index in [1.165, 1.54) is 25.7 Å². The monoisotopic (exact) mass is 338 g/mol. The van der Waals surface area contributed by atoms with Gasteiger partial charge in [-0.1, -0.05) is 58.8 Å². The first kappa shape index (κ1) is 20.1. The molecule has 24 heavy (non-hydrogen) atoms. The lowest BCUT2D eigenvalue weighted by atomic mass is 9.86. The van der Waals surface area contributed by atoms with Gasteiger partial charge in [0.1, 0.15) is 0 Å². The van der Waals surface area contributed by atoms with Crippen molar-refractivity contribution in [1.82, 2.24) is 0 Å². The summed E-state index contributed by atoms with van der Waals surface area (Å²) in [6.45, 7) is 4.12. The van der Waals surface area contributed by atoms with E-state index < -0.39 is 23.2 Å². The van der Waals surface area contributed by atoms with Gasteiger partial charge in [-0.25, -0.2) is 4.79 Å². The molecule has 0 heterocycles. The van der Waals surface area contributed by atoms with Crippen LogP contribution in [0.25, 0.3) is 0 Å². The molecule has 1 unspecified atom stereocenters. The van der Waals surface area contributed by atoms with E-state index in [-0.39, 0.29) is 17.0 Å². The van der Waals surface area contributed by atoms with E-state index in [1.54, 1.807) is 0 Å². The molecule has 0 radical (unpaired) electrons. The molecule has 0 aromatic heterocycles. The first-order valence-electron chi connectivity index (χ1n) is 8.95. The van der Waals surface area contributed by atoms with Crippen molar-refractivity contribution in [2.75, 3.05) is 0 Å². The van der Waals surface area contributed by atoms with E-state index >= 15 is 0 Å². The largest absolute Gasteiger partial charge is 0.504 e. The molecule has 0 aliphatic carbocycles. The topological polar surface area (TPSA) is 98.0 Å². The van der Waals surface area contributed by atoms with Crippen molar-refractivity contribution >= 4 is 5.97 Å². The van der Waals surface area contributed by atoms with E-state index in [9.17, 15) is 25.2 Å². The Kier molecular flexibility index (Phi) is 8.44. The van der Waals surface area contributed by atoms with Crippen LogP contribution in [-0.4, -0.2) is 26.4 Å². The van der Waals surface area contributed by atoms with Gasteiger partial charge < -0.3 is 20.4 Å². The molecule has 0 fully saturated rings. The fourth-order valence-corrected chi connectivity index (χ4v) is 3.15. The maximum Gasteiger partial charge on any atom is 0.336 e. The SMILES string of the molecule is CCCCCCCCCC(CC)c1c(C(=O)O)cc(O)c(O)c1O. The molecule has 0 bridgehead atoms. The molecule has 136 valence electrons. The second kappa shape index (κ2) is 10.1. The van der Waals surface area contributed by atoms with Crippen LogP contribution in [0.3, 0.4) is 0 Å². The van der Waals surface area contributed by atoms with E-state index in [0.717, 1.165) is 31.7 Å². The highest BCUT2D eigenvalue weighted by atomic mass is 16.4.